The van der Waals surface area contributed by atoms with Gasteiger partial charge in [0, 0.05) is 0 Å². The molecule has 2 aromatic carbocycles. The molecule has 0 radical (unpaired) electrons. The molecular weight excluding hydrogens is 474 g/mol. The molecule has 0 N–H and O–H groups in total. The molecule has 2 unspecified atom stereocenters. The van der Waals surface area contributed by atoms with Crippen molar-refractivity contribution in [3.8, 4) is 12.1 Å². The Morgan fingerprint density at radius 1 is 0.724 bits per heavy atom. The Balaban J connectivity index is 2.05. The quantitative estimate of drug-likeness (QED) is 0.470. The summed E-state index contributed by atoms with van der Waals surface area (Å²) < 4.78 is 25.2. The summed E-state index contributed by atoms with van der Waals surface area (Å²) in [4.78, 5) is 0. The molecule has 0 fully saturated rings. The van der Waals surface area contributed by atoms with Gasteiger partial charge in [-0.25, -0.2) is 8.42 Å². The van der Waals surface area contributed by atoms with E-state index in [9.17, 15) is 18.9 Å². The van der Waals surface area contributed by atoms with Gasteiger partial charge in [-0.2, -0.15) is 10.5 Å². The van der Waals surface area contributed by atoms with E-state index in [0.717, 1.165) is 0 Å². The zero-order valence-corrected chi connectivity index (χ0v) is 18.9. The molecule has 0 aliphatic rings. The molecule has 4 nitrogen and oxygen atoms in total. The van der Waals surface area contributed by atoms with Crippen molar-refractivity contribution in [3.63, 3.8) is 0 Å². The topological polar surface area (TPSA) is 81.7 Å². The van der Waals surface area contributed by atoms with Crippen LogP contribution < -0.4 is 0 Å². The lowest BCUT2D eigenvalue weighted by Gasteiger charge is -2.14. The van der Waals surface area contributed by atoms with Crippen LogP contribution in [0.25, 0.3) is 0 Å². The normalized spacial score (nSPS) is 13.3. The van der Waals surface area contributed by atoms with E-state index in [-0.39, 0.29) is 24.3 Å². The van der Waals surface area contributed by atoms with Crippen LogP contribution in [0.2, 0.25) is 20.1 Å². The molecule has 0 bridgehead atoms. The lowest BCUT2D eigenvalue weighted by atomic mass is 10.0. The smallest absolute Gasteiger partial charge is 0.152 e. The number of halogens is 4. The summed E-state index contributed by atoms with van der Waals surface area (Å²) in [6, 6.07) is 13.9. The van der Waals surface area contributed by atoms with Gasteiger partial charge in [-0.15, -0.1) is 0 Å². The van der Waals surface area contributed by atoms with Crippen LogP contribution >= 0.6 is 46.4 Å². The van der Waals surface area contributed by atoms with Crippen molar-refractivity contribution in [3.05, 3.63) is 67.6 Å². The molecule has 0 saturated carbocycles. The maximum atomic E-state index is 12.6. The zero-order valence-electron chi connectivity index (χ0n) is 15.1. The Hall–Kier alpha value is -1.47. The maximum absolute atomic E-state index is 12.6. The highest BCUT2D eigenvalue weighted by Gasteiger charge is 2.24. The van der Waals surface area contributed by atoms with E-state index >= 15 is 0 Å². The third-order valence-corrected chi connectivity index (χ3v) is 7.51. The van der Waals surface area contributed by atoms with E-state index in [2.05, 4.69) is 0 Å². The summed E-state index contributed by atoms with van der Waals surface area (Å²) in [7, 11) is -3.64. The van der Waals surface area contributed by atoms with E-state index in [0.29, 0.717) is 31.2 Å². The first-order valence-electron chi connectivity index (χ1n) is 8.51. The number of sulfone groups is 1. The average Bonchev–Trinajstić information content (AvgIpc) is 2.66. The Bertz CT molecular complexity index is 995. The molecular formula is C20H16Cl4N2O2S. The number of nitrogens with zero attached hydrogens (tertiary/aromatic N) is 2. The Labute approximate surface area is 190 Å². The minimum atomic E-state index is -3.64. The van der Waals surface area contributed by atoms with Gasteiger partial charge in [0.1, 0.15) is 0 Å². The van der Waals surface area contributed by atoms with Crippen molar-refractivity contribution in [1.82, 2.24) is 0 Å². The zero-order chi connectivity index (χ0) is 21.6. The molecule has 0 heterocycles. The van der Waals surface area contributed by atoms with Crippen LogP contribution in [0.4, 0.5) is 0 Å². The molecule has 0 aliphatic heterocycles. The SMILES string of the molecule is N#CC(Cc1ccc(Cl)c(Cl)c1)CS(=O)(=O)CC(C#N)Cc1ccc(Cl)c(Cl)c1. The van der Waals surface area contributed by atoms with E-state index in [4.69, 9.17) is 46.4 Å². The van der Waals surface area contributed by atoms with Gasteiger partial charge in [0.2, 0.25) is 0 Å². The van der Waals surface area contributed by atoms with Crippen LogP contribution in [-0.2, 0) is 22.7 Å². The van der Waals surface area contributed by atoms with Crippen LogP contribution in [-0.4, -0.2) is 19.9 Å². The minimum Gasteiger partial charge on any atom is -0.229 e. The Morgan fingerprint density at radius 3 is 1.41 bits per heavy atom. The number of rotatable bonds is 8. The second-order valence-corrected chi connectivity index (χ2v) is 10.4. The summed E-state index contributed by atoms with van der Waals surface area (Å²) in [5.74, 6) is -2.21. The lowest BCUT2D eigenvalue weighted by Crippen LogP contribution is -2.24. The van der Waals surface area contributed by atoms with Crippen LogP contribution in [0.3, 0.4) is 0 Å². The maximum Gasteiger partial charge on any atom is 0.152 e. The van der Waals surface area contributed by atoms with Gasteiger partial charge >= 0.3 is 0 Å². The fourth-order valence-corrected chi connectivity index (χ4v) is 5.26. The van der Waals surface area contributed by atoms with E-state index in [1.807, 2.05) is 12.1 Å². The molecule has 0 spiro atoms. The van der Waals surface area contributed by atoms with Gasteiger partial charge in [-0.1, -0.05) is 58.5 Å². The molecule has 2 rings (SSSR count). The largest absolute Gasteiger partial charge is 0.229 e. The third-order valence-electron chi connectivity index (χ3n) is 4.21. The number of nitriles is 2. The first-order valence-corrected chi connectivity index (χ1v) is 11.8. The van der Waals surface area contributed by atoms with Gasteiger partial charge < -0.3 is 0 Å². The summed E-state index contributed by atoms with van der Waals surface area (Å²) in [6.07, 6.45) is 0.438. The fraction of sp³-hybridized carbons (Fsp3) is 0.300. The molecule has 2 aromatic rings. The van der Waals surface area contributed by atoms with Crippen molar-refractivity contribution in [2.75, 3.05) is 11.5 Å². The highest BCUT2D eigenvalue weighted by Crippen LogP contribution is 2.26. The van der Waals surface area contributed by atoms with Crippen molar-refractivity contribution >= 4 is 56.2 Å². The second-order valence-electron chi connectivity index (χ2n) is 6.63. The molecule has 2 atom stereocenters. The van der Waals surface area contributed by atoms with Crippen LogP contribution in [0.1, 0.15) is 11.1 Å². The van der Waals surface area contributed by atoms with Crippen LogP contribution in [0, 0.1) is 34.5 Å². The summed E-state index contributed by atoms with van der Waals surface area (Å²) in [5, 5.41) is 20.2. The lowest BCUT2D eigenvalue weighted by molar-refractivity contribution is 0.573. The van der Waals surface area contributed by atoms with Gasteiger partial charge in [-0.3, -0.25) is 0 Å². The second kappa shape index (κ2) is 10.5. The Kier molecular flexibility index (Phi) is 8.64. The van der Waals surface area contributed by atoms with Crippen LogP contribution in [0.15, 0.2) is 36.4 Å². The third kappa shape index (κ3) is 7.37. The molecule has 0 aliphatic carbocycles. The van der Waals surface area contributed by atoms with E-state index in [1.54, 1.807) is 36.4 Å². The average molecular weight is 490 g/mol. The molecule has 29 heavy (non-hydrogen) atoms. The summed E-state index contributed by atoms with van der Waals surface area (Å²) in [6.45, 7) is 0. The number of hydrogen-bond acceptors (Lipinski definition) is 4. The van der Waals surface area contributed by atoms with E-state index in [1.165, 1.54) is 0 Å². The van der Waals surface area contributed by atoms with E-state index < -0.39 is 21.7 Å². The Morgan fingerprint density at radius 2 is 1.10 bits per heavy atom. The number of benzene rings is 2. The van der Waals surface area contributed by atoms with Crippen LogP contribution in [0.5, 0.6) is 0 Å². The van der Waals surface area contributed by atoms with Crippen molar-refractivity contribution in [2.45, 2.75) is 12.8 Å². The molecule has 152 valence electrons. The molecule has 9 heteroatoms. The monoisotopic (exact) mass is 488 g/mol. The highest BCUT2D eigenvalue weighted by molar-refractivity contribution is 7.91. The van der Waals surface area contributed by atoms with Crippen molar-refractivity contribution in [1.29, 1.82) is 10.5 Å². The first-order chi connectivity index (χ1) is 13.6. The predicted molar refractivity (Wildman–Crippen MR) is 117 cm³/mol. The van der Waals surface area contributed by atoms with Crippen molar-refractivity contribution in [2.24, 2.45) is 11.8 Å². The highest BCUT2D eigenvalue weighted by atomic mass is 35.5. The van der Waals surface area contributed by atoms with Gasteiger partial charge in [0.15, 0.2) is 9.84 Å². The van der Waals surface area contributed by atoms with Gasteiger partial charge in [0.25, 0.3) is 0 Å². The summed E-state index contributed by atoms with van der Waals surface area (Å²) >= 11 is 23.7. The number of hydrogen-bond donors (Lipinski definition) is 0. The first kappa shape index (κ1) is 23.8. The molecule has 0 amide bonds. The van der Waals surface area contributed by atoms with Crippen molar-refractivity contribution < 1.29 is 8.42 Å². The standard InChI is InChI=1S/C20H16Cl4N2O2S/c21-17-3-1-13(7-19(17)23)5-15(9-25)11-29(27,28)12-16(10-26)6-14-2-4-18(22)20(24)8-14/h1-4,7-8,15-16H,5-6,11-12H2. The van der Waals surface area contributed by atoms with Gasteiger partial charge in [0.05, 0.1) is 55.6 Å². The fourth-order valence-electron chi connectivity index (χ4n) is 2.87. The minimum absolute atomic E-state index is 0.219. The summed E-state index contributed by atoms with van der Waals surface area (Å²) in [5.41, 5.74) is 1.43. The molecule has 0 aromatic heterocycles. The van der Waals surface area contributed by atoms with Gasteiger partial charge in [-0.05, 0) is 48.2 Å². The molecule has 0 saturated heterocycles. The predicted octanol–water partition coefficient (Wildman–Crippen LogP) is 5.78.